The average Bonchev–Trinajstić information content (AvgIpc) is 3.15. The Kier molecular flexibility index (Phi) is 4.28. The molecule has 0 aliphatic carbocycles. The third-order valence-corrected chi connectivity index (χ3v) is 3.17. The molecule has 24 heavy (non-hydrogen) atoms. The smallest absolute Gasteiger partial charge is 0.269 e. The number of nitrogens with zero attached hydrogens (tertiary/aromatic N) is 3. The number of hydrazine groups is 1. The van der Waals surface area contributed by atoms with Gasteiger partial charge in [-0.05, 0) is 36.4 Å². The first kappa shape index (κ1) is 15.3. The predicted molar refractivity (Wildman–Crippen MR) is 82.7 cm³/mol. The summed E-state index contributed by atoms with van der Waals surface area (Å²) in [6, 6.07) is 8.04. The van der Waals surface area contributed by atoms with E-state index in [0.717, 1.165) is 12.1 Å². The number of carbonyl (C=O) groups excluding carboxylic acids is 2. The standard InChI is InChI=1S/C16H12FN5O2/c17-13-3-1-11(2-4-13)15(23)20-21-16(24)12-5-6-19-14(9-12)22-8-7-18-10-22/h1-10H,(H,20,23)(H,21,24). The van der Waals surface area contributed by atoms with E-state index in [2.05, 4.69) is 20.8 Å². The molecule has 0 spiro atoms. The van der Waals surface area contributed by atoms with E-state index in [-0.39, 0.29) is 5.56 Å². The lowest BCUT2D eigenvalue weighted by atomic mass is 10.2. The lowest BCUT2D eigenvalue weighted by Crippen LogP contribution is -2.41. The van der Waals surface area contributed by atoms with Crippen molar-refractivity contribution in [3.8, 4) is 5.82 Å². The van der Waals surface area contributed by atoms with Gasteiger partial charge >= 0.3 is 0 Å². The minimum Gasteiger partial charge on any atom is -0.291 e. The van der Waals surface area contributed by atoms with E-state index >= 15 is 0 Å². The van der Waals surface area contributed by atoms with E-state index in [1.807, 2.05) is 0 Å². The van der Waals surface area contributed by atoms with E-state index in [9.17, 15) is 14.0 Å². The SMILES string of the molecule is O=C(NNC(=O)c1ccnc(-n2ccnc2)c1)c1ccc(F)cc1. The zero-order chi connectivity index (χ0) is 16.9. The number of imidazole rings is 1. The maximum atomic E-state index is 12.8. The molecule has 2 aromatic heterocycles. The van der Waals surface area contributed by atoms with Crippen LogP contribution < -0.4 is 10.9 Å². The summed E-state index contributed by atoms with van der Waals surface area (Å²) in [6.45, 7) is 0. The summed E-state index contributed by atoms with van der Waals surface area (Å²) in [7, 11) is 0. The van der Waals surface area contributed by atoms with Gasteiger partial charge in [-0.25, -0.2) is 14.4 Å². The molecule has 0 radical (unpaired) electrons. The predicted octanol–water partition coefficient (Wildman–Crippen LogP) is 1.48. The van der Waals surface area contributed by atoms with Crippen LogP contribution in [0.4, 0.5) is 4.39 Å². The number of aromatic nitrogens is 3. The van der Waals surface area contributed by atoms with Crippen molar-refractivity contribution in [3.05, 3.63) is 78.3 Å². The minimum absolute atomic E-state index is 0.227. The third-order valence-electron chi connectivity index (χ3n) is 3.17. The molecule has 7 nitrogen and oxygen atoms in total. The van der Waals surface area contributed by atoms with Crippen molar-refractivity contribution < 1.29 is 14.0 Å². The number of rotatable bonds is 3. The molecule has 0 unspecified atom stereocenters. The van der Waals surface area contributed by atoms with Crippen LogP contribution in [-0.2, 0) is 0 Å². The summed E-state index contributed by atoms with van der Waals surface area (Å²) in [5.41, 5.74) is 5.11. The highest BCUT2D eigenvalue weighted by atomic mass is 19.1. The summed E-state index contributed by atoms with van der Waals surface area (Å²) in [6.07, 6.45) is 6.32. The maximum Gasteiger partial charge on any atom is 0.269 e. The van der Waals surface area contributed by atoms with Gasteiger partial charge in [0.05, 0.1) is 0 Å². The number of amides is 2. The van der Waals surface area contributed by atoms with Gasteiger partial charge in [-0.15, -0.1) is 0 Å². The molecule has 3 aromatic rings. The van der Waals surface area contributed by atoms with E-state index < -0.39 is 17.6 Å². The van der Waals surface area contributed by atoms with Crippen molar-refractivity contribution in [1.29, 1.82) is 0 Å². The molecule has 8 heteroatoms. The number of pyridine rings is 1. The van der Waals surface area contributed by atoms with Gasteiger partial charge in [0.2, 0.25) is 0 Å². The Hall–Kier alpha value is -3.55. The largest absolute Gasteiger partial charge is 0.291 e. The third kappa shape index (κ3) is 3.43. The molecule has 0 aliphatic heterocycles. The molecule has 2 N–H and O–H groups in total. The summed E-state index contributed by atoms with van der Waals surface area (Å²) in [5.74, 6) is -0.981. The van der Waals surface area contributed by atoms with Gasteiger partial charge in [0, 0.05) is 29.7 Å². The van der Waals surface area contributed by atoms with E-state index in [1.165, 1.54) is 24.4 Å². The number of benzene rings is 1. The Balaban J connectivity index is 1.66. The molecule has 2 amide bonds. The van der Waals surface area contributed by atoms with Crippen molar-refractivity contribution >= 4 is 11.8 Å². The van der Waals surface area contributed by atoms with Crippen molar-refractivity contribution in [2.75, 3.05) is 0 Å². The molecule has 0 fully saturated rings. The molecule has 3 rings (SSSR count). The van der Waals surface area contributed by atoms with Gasteiger partial charge in [-0.2, -0.15) is 0 Å². The van der Waals surface area contributed by atoms with Crippen LogP contribution in [0.3, 0.4) is 0 Å². The van der Waals surface area contributed by atoms with Crippen molar-refractivity contribution in [3.63, 3.8) is 0 Å². The van der Waals surface area contributed by atoms with Crippen molar-refractivity contribution in [2.45, 2.75) is 0 Å². The first-order chi connectivity index (χ1) is 11.6. The first-order valence-corrected chi connectivity index (χ1v) is 6.94. The molecule has 0 saturated heterocycles. The van der Waals surface area contributed by atoms with E-state index in [1.54, 1.807) is 29.4 Å². The summed E-state index contributed by atoms with van der Waals surface area (Å²) in [4.78, 5) is 32.0. The molecule has 1 aromatic carbocycles. The highest BCUT2D eigenvalue weighted by Crippen LogP contribution is 2.07. The zero-order valence-corrected chi connectivity index (χ0v) is 12.3. The fourth-order valence-corrected chi connectivity index (χ4v) is 1.95. The van der Waals surface area contributed by atoms with Gasteiger partial charge < -0.3 is 0 Å². The maximum absolute atomic E-state index is 12.8. The summed E-state index contributed by atoms with van der Waals surface area (Å²) < 4.78 is 14.5. The molecular formula is C16H12FN5O2. The monoisotopic (exact) mass is 325 g/mol. The first-order valence-electron chi connectivity index (χ1n) is 6.94. The number of carbonyl (C=O) groups is 2. The van der Waals surface area contributed by atoms with Crippen LogP contribution in [0.1, 0.15) is 20.7 Å². The Bertz CT molecular complexity index is 862. The lowest BCUT2D eigenvalue weighted by Gasteiger charge is -2.08. The normalized spacial score (nSPS) is 10.2. The van der Waals surface area contributed by atoms with Crippen LogP contribution >= 0.6 is 0 Å². The minimum atomic E-state index is -0.549. The number of halogens is 1. The lowest BCUT2D eigenvalue weighted by molar-refractivity contribution is 0.0846. The van der Waals surface area contributed by atoms with Crippen molar-refractivity contribution in [2.24, 2.45) is 0 Å². The molecule has 0 bridgehead atoms. The highest BCUT2D eigenvalue weighted by Gasteiger charge is 2.10. The number of hydrogen-bond donors (Lipinski definition) is 2. The van der Waals surface area contributed by atoms with Gasteiger partial charge in [0.1, 0.15) is 18.0 Å². The quantitative estimate of drug-likeness (QED) is 0.714. The number of hydrogen-bond acceptors (Lipinski definition) is 4. The molecule has 0 saturated carbocycles. The fourth-order valence-electron chi connectivity index (χ4n) is 1.95. The van der Waals surface area contributed by atoms with E-state index in [4.69, 9.17) is 0 Å². The molecule has 120 valence electrons. The second-order valence-electron chi connectivity index (χ2n) is 4.79. The van der Waals surface area contributed by atoms with E-state index in [0.29, 0.717) is 11.4 Å². The Morgan fingerprint density at radius 1 is 0.958 bits per heavy atom. The number of nitrogens with one attached hydrogen (secondary N) is 2. The molecular weight excluding hydrogens is 313 g/mol. The topological polar surface area (TPSA) is 88.9 Å². The Labute approximate surface area is 136 Å². The second kappa shape index (κ2) is 6.69. The van der Waals surface area contributed by atoms with Crippen LogP contribution in [0, 0.1) is 5.82 Å². The van der Waals surface area contributed by atoms with Gasteiger partial charge in [0.15, 0.2) is 0 Å². The Morgan fingerprint density at radius 3 is 2.33 bits per heavy atom. The van der Waals surface area contributed by atoms with Crippen LogP contribution in [0.25, 0.3) is 5.82 Å². The average molecular weight is 325 g/mol. The highest BCUT2D eigenvalue weighted by molar-refractivity contribution is 5.99. The van der Waals surface area contributed by atoms with Gasteiger partial charge in [-0.1, -0.05) is 0 Å². The Morgan fingerprint density at radius 2 is 1.67 bits per heavy atom. The van der Waals surface area contributed by atoms with Gasteiger partial charge in [0.25, 0.3) is 11.8 Å². The van der Waals surface area contributed by atoms with Gasteiger partial charge in [-0.3, -0.25) is 25.0 Å². The summed E-state index contributed by atoms with van der Waals surface area (Å²) in [5, 5.41) is 0. The second-order valence-corrected chi connectivity index (χ2v) is 4.79. The molecule has 0 aliphatic rings. The zero-order valence-electron chi connectivity index (χ0n) is 12.3. The van der Waals surface area contributed by atoms with Crippen molar-refractivity contribution in [1.82, 2.24) is 25.4 Å². The molecule has 0 atom stereocenters. The summed E-state index contributed by atoms with van der Waals surface area (Å²) >= 11 is 0. The van der Waals surface area contributed by atoms with Crippen LogP contribution in [0.5, 0.6) is 0 Å². The van der Waals surface area contributed by atoms with Crippen LogP contribution in [-0.4, -0.2) is 26.3 Å². The molecule has 2 heterocycles. The fraction of sp³-hybridized carbons (Fsp3) is 0. The van der Waals surface area contributed by atoms with Crippen LogP contribution in [0.15, 0.2) is 61.3 Å². The van der Waals surface area contributed by atoms with Crippen LogP contribution in [0.2, 0.25) is 0 Å².